The van der Waals surface area contributed by atoms with E-state index in [4.69, 9.17) is 2.74 Å². The lowest BCUT2D eigenvalue weighted by Gasteiger charge is -2.27. The van der Waals surface area contributed by atoms with Crippen molar-refractivity contribution >= 4 is 72.5 Å². The van der Waals surface area contributed by atoms with Crippen molar-refractivity contribution in [2.24, 2.45) is 0 Å². The Morgan fingerprint density at radius 2 is 0.979 bits per heavy atom. The normalized spacial score (nSPS) is 12.7. The molecule has 0 N–H and O–H groups in total. The van der Waals surface area contributed by atoms with Crippen LogP contribution >= 0.6 is 0 Å². The SMILES string of the molecule is [2H]/C(=C(/[2H])c1ccc2c(c1)c1ccccc1n2-c1ccccc1)c1ccc(N(c2ccccc2)c2cc3ccccc3c3ccccc23)cc1. The minimum Gasteiger partial charge on any atom is -0.310 e. The van der Waals surface area contributed by atoms with Gasteiger partial charge in [0.2, 0.25) is 0 Å². The van der Waals surface area contributed by atoms with Crippen LogP contribution in [0.15, 0.2) is 182 Å². The Morgan fingerprint density at radius 1 is 0.417 bits per heavy atom. The van der Waals surface area contributed by atoms with Gasteiger partial charge in [0.05, 0.1) is 19.5 Å². The smallest absolute Gasteiger partial charge is 0.0629 e. The summed E-state index contributed by atoms with van der Waals surface area (Å²) in [6, 6.07) is 63.0. The van der Waals surface area contributed by atoms with E-state index in [1.165, 1.54) is 16.2 Å². The van der Waals surface area contributed by atoms with E-state index in [1.54, 1.807) is 0 Å². The Morgan fingerprint density at radius 3 is 1.77 bits per heavy atom. The lowest BCUT2D eigenvalue weighted by atomic mass is 9.99. The first-order valence-electron chi connectivity index (χ1n) is 17.3. The van der Waals surface area contributed by atoms with Crippen LogP contribution in [-0.2, 0) is 0 Å². The molecule has 0 amide bonds. The minimum atomic E-state index is 0.185. The Labute approximate surface area is 282 Å². The first-order chi connectivity index (χ1) is 24.7. The van der Waals surface area contributed by atoms with Gasteiger partial charge in [0.15, 0.2) is 0 Å². The quantitative estimate of drug-likeness (QED) is 0.134. The molecule has 226 valence electrons. The number of hydrogen-bond donors (Lipinski definition) is 0. The van der Waals surface area contributed by atoms with Crippen LogP contribution in [0.5, 0.6) is 0 Å². The molecule has 0 saturated heterocycles. The average molecular weight is 615 g/mol. The van der Waals surface area contributed by atoms with Crippen molar-refractivity contribution in [3.05, 3.63) is 193 Å². The van der Waals surface area contributed by atoms with Crippen LogP contribution in [0.4, 0.5) is 17.1 Å². The number of rotatable bonds is 6. The first-order valence-corrected chi connectivity index (χ1v) is 16.3. The maximum absolute atomic E-state index is 9.16. The molecule has 0 saturated carbocycles. The molecule has 2 nitrogen and oxygen atoms in total. The van der Waals surface area contributed by atoms with E-state index in [9.17, 15) is 0 Å². The van der Waals surface area contributed by atoms with Crippen molar-refractivity contribution in [2.45, 2.75) is 0 Å². The molecule has 2 heteroatoms. The van der Waals surface area contributed by atoms with Crippen LogP contribution in [0.1, 0.15) is 13.9 Å². The molecule has 0 atom stereocenters. The van der Waals surface area contributed by atoms with Crippen molar-refractivity contribution in [2.75, 3.05) is 4.90 Å². The van der Waals surface area contributed by atoms with Crippen molar-refractivity contribution < 1.29 is 2.74 Å². The maximum atomic E-state index is 9.16. The molecule has 0 spiro atoms. The summed E-state index contributed by atoms with van der Waals surface area (Å²) in [5.41, 5.74) is 7.82. The Bertz CT molecular complexity index is 2710. The van der Waals surface area contributed by atoms with Crippen molar-refractivity contribution in [3.8, 4) is 5.69 Å². The van der Waals surface area contributed by atoms with Crippen LogP contribution in [0, 0.1) is 0 Å². The highest BCUT2D eigenvalue weighted by molar-refractivity contribution is 6.14. The van der Waals surface area contributed by atoms with E-state index in [0.29, 0.717) is 5.56 Å². The van der Waals surface area contributed by atoms with Gasteiger partial charge in [0, 0.05) is 33.2 Å². The number of nitrogens with zero attached hydrogens (tertiary/aromatic N) is 2. The topological polar surface area (TPSA) is 8.17 Å². The predicted molar refractivity (Wildman–Crippen MR) is 206 cm³/mol. The molecule has 0 radical (unpaired) electrons. The molecule has 0 aliphatic carbocycles. The molecule has 8 aromatic carbocycles. The monoisotopic (exact) mass is 614 g/mol. The third-order valence-corrected chi connectivity index (χ3v) is 9.17. The fourth-order valence-corrected chi connectivity index (χ4v) is 6.97. The number of benzene rings is 8. The van der Waals surface area contributed by atoms with Gasteiger partial charge < -0.3 is 9.47 Å². The highest BCUT2D eigenvalue weighted by Gasteiger charge is 2.17. The number of hydrogen-bond acceptors (Lipinski definition) is 1. The number of aromatic nitrogens is 1. The second-order valence-electron chi connectivity index (χ2n) is 12.1. The molecule has 48 heavy (non-hydrogen) atoms. The Balaban J connectivity index is 1.14. The number of fused-ring (bicyclic) bond motifs is 6. The zero-order valence-electron chi connectivity index (χ0n) is 28.2. The summed E-state index contributed by atoms with van der Waals surface area (Å²) in [6.07, 6.45) is 0. The molecule has 0 unspecified atom stereocenters. The minimum absolute atomic E-state index is 0.185. The summed E-state index contributed by atoms with van der Waals surface area (Å²) < 4.78 is 20.6. The maximum Gasteiger partial charge on any atom is 0.0629 e. The lowest BCUT2D eigenvalue weighted by Crippen LogP contribution is -2.10. The van der Waals surface area contributed by atoms with Crippen LogP contribution in [0.25, 0.3) is 61.1 Å². The van der Waals surface area contributed by atoms with E-state index in [1.807, 2.05) is 30.3 Å². The van der Waals surface area contributed by atoms with E-state index in [0.717, 1.165) is 55.5 Å². The van der Waals surface area contributed by atoms with Crippen LogP contribution in [-0.4, -0.2) is 4.57 Å². The standard InChI is InChI=1S/C46H32N2/c1-3-14-36(15-4-1)47(46-32-35-13-7-8-18-39(35)40-19-9-10-20-41(40)46)38-28-25-33(26-29-38)23-24-34-27-30-45-43(31-34)42-21-11-12-22-44(42)48(45)37-16-5-2-6-17-37/h1-32H/b24-23+/i23D,24D. The summed E-state index contributed by atoms with van der Waals surface area (Å²) in [5.74, 6) is 0. The summed E-state index contributed by atoms with van der Waals surface area (Å²) in [6.45, 7) is 0. The zero-order valence-corrected chi connectivity index (χ0v) is 26.2. The van der Waals surface area contributed by atoms with E-state index < -0.39 is 0 Å². The summed E-state index contributed by atoms with van der Waals surface area (Å²) in [7, 11) is 0. The molecular weight excluding hydrogens is 581 g/mol. The second kappa shape index (κ2) is 11.8. The molecule has 0 bridgehead atoms. The Hall–Kier alpha value is -6.38. The molecule has 9 aromatic rings. The van der Waals surface area contributed by atoms with Gasteiger partial charge in [0.25, 0.3) is 0 Å². The third-order valence-electron chi connectivity index (χ3n) is 9.17. The zero-order chi connectivity index (χ0) is 33.6. The first kappa shape index (κ1) is 25.8. The fourth-order valence-electron chi connectivity index (χ4n) is 6.97. The highest BCUT2D eigenvalue weighted by Crippen LogP contribution is 2.42. The molecule has 1 aromatic heterocycles. The van der Waals surface area contributed by atoms with Gasteiger partial charge in [0.1, 0.15) is 0 Å². The molecular formula is C46H32N2. The summed E-state index contributed by atoms with van der Waals surface area (Å²) >= 11 is 0. The van der Waals surface area contributed by atoms with E-state index >= 15 is 0 Å². The van der Waals surface area contributed by atoms with Gasteiger partial charge in [-0.3, -0.25) is 0 Å². The number of anilines is 3. The predicted octanol–water partition coefficient (Wildman–Crippen LogP) is 12.7. The lowest BCUT2D eigenvalue weighted by molar-refractivity contribution is 1.18. The van der Waals surface area contributed by atoms with Crippen molar-refractivity contribution in [1.82, 2.24) is 4.57 Å². The van der Waals surface area contributed by atoms with Crippen LogP contribution < -0.4 is 4.90 Å². The molecule has 0 aliphatic heterocycles. The third kappa shape index (κ3) is 4.83. The molecule has 0 fully saturated rings. The van der Waals surface area contributed by atoms with Gasteiger partial charge in [-0.1, -0.05) is 133 Å². The Kier molecular flexibility index (Phi) is 6.32. The summed E-state index contributed by atoms with van der Waals surface area (Å²) in [5, 5.41) is 6.97. The van der Waals surface area contributed by atoms with Crippen LogP contribution in [0.2, 0.25) is 0 Å². The van der Waals surface area contributed by atoms with E-state index in [-0.39, 0.29) is 12.1 Å². The summed E-state index contributed by atoms with van der Waals surface area (Å²) in [4.78, 5) is 2.28. The van der Waals surface area contributed by atoms with Gasteiger partial charge >= 0.3 is 0 Å². The van der Waals surface area contributed by atoms with Gasteiger partial charge in [-0.2, -0.15) is 0 Å². The number of para-hydroxylation sites is 3. The molecule has 9 rings (SSSR count). The highest BCUT2D eigenvalue weighted by atomic mass is 15.1. The van der Waals surface area contributed by atoms with Gasteiger partial charge in [-0.25, -0.2) is 0 Å². The van der Waals surface area contributed by atoms with Gasteiger partial charge in [-0.05, 0) is 87.9 Å². The van der Waals surface area contributed by atoms with Crippen molar-refractivity contribution in [3.63, 3.8) is 0 Å². The average Bonchev–Trinajstić information content (AvgIpc) is 3.52. The second-order valence-corrected chi connectivity index (χ2v) is 12.1. The van der Waals surface area contributed by atoms with Crippen molar-refractivity contribution in [1.29, 1.82) is 0 Å². The van der Waals surface area contributed by atoms with Gasteiger partial charge in [-0.15, -0.1) is 0 Å². The molecule has 0 aliphatic rings. The fraction of sp³-hybridized carbons (Fsp3) is 0. The van der Waals surface area contributed by atoms with E-state index in [2.05, 4.69) is 161 Å². The largest absolute Gasteiger partial charge is 0.310 e. The molecule has 1 heterocycles. The van der Waals surface area contributed by atoms with Crippen LogP contribution in [0.3, 0.4) is 0 Å².